The third-order valence-corrected chi connectivity index (χ3v) is 14.5. The second-order valence-corrected chi connectivity index (χ2v) is 22.0. The molecule has 0 heterocycles. The number of ether oxygens (including phenoxy) is 3. The molecule has 1 unspecified atom stereocenters. The van der Waals surface area contributed by atoms with Gasteiger partial charge in [0.2, 0.25) is 0 Å². The Morgan fingerprint density at radius 3 is 0.803 bits per heavy atom. The monoisotopic (exact) mass is 1060 g/mol. The largest absolute Gasteiger partial charge is 0.462 e. The van der Waals surface area contributed by atoms with E-state index in [1.807, 2.05) is 0 Å². The van der Waals surface area contributed by atoms with Crippen LogP contribution in [0.4, 0.5) is 0 Å². The van der Waals surface area contributed by atoms with E-state index in [1.54, 1.807) is 0 Å². The number of esters is 3. The zero-order valence-electron chi connectivity index (χ0n) is 50.5. The fourth-order valence-corrected chi connectivity index (χ4v) is 9.57. The molecule has 6 heteroatoms. The topological polar surface area (TPSA) is 78.9 Å². The van der Waals surface area contributed by atoms with Crippen molar-refractivity contribution in [1.82, 2.24) is 0 Å². The first-order chi connectivity index (χ1) is 37.5. The van der Waals surface area contributed by atoms with Gasteiger partial charge in [-0.2, -0.15) is 0 Å². The Kier molecular flexibility index (Phi) is 61.7. The molecule has 0 saturated heterocycles. The van der Waals surface area contributed by atoms with Crippen LogP contribution in [0.5, 0.6) is 0 Å². The molecule has 0 bridgehead atoms. The summed E-state index contributed by atoms with van der Waals surface area (Å²) in [5.41, 5.74) is 0. The zero-order valence-corrected chi connectivity index (χ0v) is 50.5. The molecule has 0 amide bonds. The minimum Gasteiger partial charge on any atom is -0.462 e. The highest BCUT2D eigenvalue weighted by atomic mass is 16.6. The summed E-state index contributed by atoms with van der Waals surface area (Å²) in [5, 5.41) is 0. The molecule has 0 aliphatic carbocycles. The smallest absolute Gasteiger partial charge is 0.306 e. The molecule has 0 spiro atoms. The van der Waals surface area contributed by atoms with Crippen molar-refractivity contribution in [3.05, 3.63) is 72.9 Å². The second-order valence-electron chi connectivity index (χ2n) is 22.0. The molecule has 440 valence electrons. The Labute approximate surface area is 472 Å². The lowest BCUT2D eigenvalue weighted by molar-refractivity contribution is -0.167. The lowest BCUT2D eigenvalue weighted by Gasteiger charge is -2.18. The normalized spacial score (nSPS) is 12.5. The van der Waals surface area contributed by atoms with Gasteiger partial charge in [-0.25, -0.2) is 0 Å². The van der Waals surface area contributed by atoms with Crippen molar-refractivity contribution in [3.63, 3.8) is 0 Å². The van der Waals surface area contributed by atoms with Crippen molar-refractivity contribution in [2.24, 2.45) is 0 Å². The van der Waals surface area contributed by atoms with E-state index < -0.39 is 6.10 Å². The van der Waals surface area contributed by atoms with Gasteiger partial charge in [-0.3, -0.25) is 14.4 Å². The number of hydrogen-bond donors (Lipinski definition) is 0. The third kappa shape index (κ3) is 61.7. The molecule has 1 atom stereocenters. The summed E-state index contributed by atoms with van der Waals surface area (Å²) >= 11 is 0. The average molecular weight is 1060 g/mol. The highest BCUT2D eigenvalue weighted by Gasteiger charge is 2.19. The fraction of sp³-hybridized carbons (Fsp3) is 0.786. The van der Waals surface area contributed by atoms with E-state index in [0.29, 0.717) is 19.3 Å². The molecule has 0 aliphatic heterocycles. The highest BCUT2D eigenvalue weighted by molar-refractivity contribution is 5.71. The summed E-state index contributed by atoms with van der Waals surface area (Å²) in [6, 6.07) is 0. The van der Waals surface area contributed by atoms with E-state index in [2.05, 4.69) is 93.7 Å². The third-order valence-electron chi connectivity index (χ3n) is 14.5. The molecular weight excluding hydrogens is 937 g/mol. The van der Waals surface area contributed by atoms with Crippen LogP contribution in [0.15, 0.2) is 72.9 Å². The van der Waals surface area contributed by atoms with Crippen molar-refractivity contribution in [1.29, 1.82) is 0 Å². The summed E-state index contributed by atoms with van der Waals surface area (Å²) < 4.78 is 16.8. The molecule has 0 rings (SSSR count). The Morgan fingerprint density at radius 2 is 0.513 bits per heavy atom. The van der Waals surface area contributed by atoms with Gasteiger partial charge in [0, 0.05) is 19.3 Å². The van der Waals surface area contributed by atoms with E-state index >= 15 is 0 Å². The van der Waals surface area contributed by atoms with Crippen LogP contribution in [0.25, 0.3) is 0 Å². The number of carbonyl (C=O) groups is 3. The van der Waals surface area contributed by atoms with Crippen molar-refractivity contribution >= 4 is 17.9 Å². The lowest BCUT2D eigenvalue weighted by atomic mass is 10.0. The van der Waals surface area contributed by atoms with Crippen molar-refractivity contribution < 1.29 is 28.6 Å². The maximum atomic E-state index is 12.8. The van der Waals surface area contributed by atoms with Crippen molar-refractivity contribution in [3.8, 4) is 0 Å². The van der Waals surface area contributed by atoms with Crippen LogP contribution >= 0.6 is 0 Å². The Bertz CT molecular complexity index is 1400. The summed E-state index contributed by atoms with van der Waals surface area (Å²) in [6.07, 6.45) is 83.8. The molecular formula is C70H124O6. The molecule has 0 saturated carbocycles. The standard InChI is InChI=1S/C70H124O6/c1-4-7-10-13-16-18-20-22-24-26-28-30-31-32-33-34-35-36-37-38-39-41-42-44-46-48-50-52-54-57-60-63-69(72)75-66-67(65-74-68(71)62-59-56-15-12-9-6-3)76-70(73)64-61-58-55-53-51-49-47-45-43-40-29-27-25-23-21-19-17-14-11-8-5-2/h7,10,16,18,22,24,28,30,32-33,35-36,67H,4-6,8-9,11-15,17,19-21,23,25-27,29,31,34,37-66H2,1-3H3/b10-7-,18-16-,24-22-,30-28-,33-32-,36-35-. The van der Waals surface area contributed by atoms with E-state index in [4.69, 9.17) is 14.2 Å². The van der Waals surface area contributed by atoms with E-state index in [0.717, 1.165) is 96.3 Å². The molecule has 0 N–H and O–H groups in total. The van der Waals surface area contributed by atoms with E-state index in [-0.39, 0.29) is 31.1 Å². The average Bonchev–Trinajstić information content (AvgIpc) is 3.42. The van der Waals surface area contributed by atoms with Gasteiger partial charge < -0.3 is 14.2 Å². The Balaban J connectivity index is 4.04. The highest BCUT2D eigenvalue weighted by Crippen LogP contribution is 2.18. The molecule has 76 heavy (non-hydrogen) atoms. The first-order valence-corrected chi connectivity index (χ1v) is 32.9. The Morgan fingerprint density at radius 1 is 0.276 bits per heavy atom. The van der Waals surface area contributed by atoms with Gasteiger partial charge in [0.25, 0.3) is 0 Å². The lowest BCUT2D eigenvalue weighted by Crippen LogP contribution is -2.30. The van der Waals surface area contributed by atoms with Gasteiger partial charge in [0.15, 0.2) is 6.10 Å². The van der Waals surface area contributed by atoms with Crippen LogP contribution in [0.3, 0.4) is 0 Å². The summed E-state index contributed by atoms with van der Waals surface area (Å²) in [7, 11) is 0. The fourth-order valence-electron chi connectivity index (χ4n) is 9.57. The predicted octanol–water partition coefficient (Wildman–Crippen LogP) is 22.5. The van der Waals surface area contributed by atoms with Gasteiger partial charge in [0.1, 0.15) is 13.2 Å². The van der Waals surface area contributed by atoms with Gasteiger partial charge in [-0.05, 0) is 70.6 Å². The zero-order chi connectivity index (χ0) is 55.0. The minimum atomic E-state index is -0.770. The SMILES string of the molecule is CC/C=C\C/C=C\C/C=C\C/C=C\C/C=C\C/C=C\CCCCCCCCCCCCCCC(=O)OCC(COC(=O)CCCCCCCC)OC(=O)CCCCCCCCCCCCCCCCCCCCCCC. The van der Waals surface area contributed by atoms with Gasteiger partial charge in [0.05, 0.1) is 0 Å². The van der Waals surface area contributed by atoms with E-state index in [1.165, 1.54) is 199 Å². The van der Waals surface area contributed by atoms with Crippen LogP contribution in [-0.2, 0) is 28.6 Å². The molecule has 0 aliphatic rings. The maximum absolute atomic E-state index is 12.8. The molecule has 0 aromatic carbocycles. The quantitative estimate of drug-likeness (QED) is 0.0261. The molecule has 0 fully saturated rings. The van der Waals surface area contributed by atoms with Gasteiger partial charge >= 0.3 is 17.9 Å². The maximum Gasteiger partial charge on any atom is 0.306 e. The first kappa shape index (κ1) is 72.8. The van der Waals surface area contributed by atoms with Crippen LogP contribution in [-0.4, -0.2) is 37.2 Å². The number of rotatable bonds is 60. The van der Waals surface area contributed by atoms with Crippen LogP contribution in [0, 0.1) is 0 Å². The first-order valence-electron chi connectivity index (χ1n) is 32.9. The number of carbonyl (C=O) groups excluding carboxylic acids is 3. The predicted molar refractivity (Wildman–Crippen MR) is 330 cm³/mol. The summed E-state index contributed by atoms with van der Waals surface area (Å²) in [5.74, 6) is -0.865. The molecule has 0 radical (unpaired) electrons. The Hall–Kier alpha value is -3.15. The van der Waals surface area contributed by atoms with Crippen LogP contribution in [0.2, 0.25) is 0 Å². The summed E-state index contributed by atoms with van der Waals surface area (Å²) in [4.78, 5) is 38.0. The molecule has 0 aromatic heterocycles. The second kappa shape index (κ2) is 64.4. The number of allylic oxidation sites excluding steroid dienone is 12. The van der Waals surface area contributed by atoms with Crippen molar-refractivity contribution in [2.75, 3.05) is 13.2 Å². The van der Waals surface area contributed by atoms with Crippen molar-refractivity contribution in [2.45, 2.75) is 341 Å². The summed E-state index contributed by atoms with van der Waals surface area (Å²) in [6.45, 7) is 6.51. The van der Waals surface area contributed by atoms with E-state index in [9.17, 15) is 14.4 Å². The van der Waals surface area contributed by atoms with Crippen LogP contribution in [0.1, 0.15) is 335 Å². The van der Waals surface area contributed by atoms with Gasteiger partial charge in [-0.15, -0.1) is 0 Å². The minimum absolute atomic E-state index is 0.0714. The number of unbranched alkanes of at least 4 members (excludes halogenated alkanes) is 37. The molecule has 0 aromatic rings. The number of hydrogen-bond acceptors (Lipinski definition) is 6. The molecule has 6 nitrogen and oxygen atoms in total. The van der Waals surface area contributed by atoms with Gasteiger partial charge in [-0.1, -0.05) is 318 Å². The van der Waals surface area contributed by atoms with Crippen LogP contribution < -0.4 is 0 Å².